The number of aryl methyl sites for hydroxylation is 1. The van der Waals surface area contributed by atoms with E-state index in [0.29, 0.717) is 0 Å². The fraction of sp³-hybridized carbons (Fsp3) is 0.429. The summed E-state index contributed by atoms with van der Waals surface area (Å²) in [5, 5.41) is 5.05. The largest absolute Gasteiger partial charge is 0.335 e. The first-order chi connectivity index (χ1) is 13.0. The van der Waals surface area contributed by atoms with E-state index in [1.54, 1.807) is 18.4 Å². The molecule has 1 aromatic carbocycles. The minimum Gasteiger partial charge on any atom is -0.335 e. The van der Waals surface area contributed by atoms with Crippen molar-refractivity contribution in [3.63, 3.8) is 0 Å². The average molecular weight is 386 g/mol. The van der Waals surface area contributed by atoms with Crippen LogP contribution in [0.5, 0.6) is 0 Å². The molecule has 1 aromatic heterocycles. The van der Waals surface area contributed by atoms with Crippen molar-refractivity contribution in [2.75, 3.05) is 25.5 Å². The molecule has 144 valence electrons. The maximum atomic E-state index is 12.8. The molecule has 1 aliphatic heterocycles. The van der Waals surface area contributed by atoms with Gasteiger partial charge in [0.05, 0.1) is 12.6 Å². The van der Waals surface area contributed by atoms with Gasteiger partial charge in [0.25, 0.3) is 0 Å². The Morgan fingerprint density at radius 1 is 1.30 bits per heavy atom. The molecule has 0 radical (unpaired) electrons. The number of likely N-dealkylation sites (N-methyl/N-ethyl adjacent to an activating group) is 1. The van der Waals surface area contributed by atoms with Crippen molar-refractivity contribution in [3.8, 4) is 0 Å². The van der Waals surface area contributed by atoms with Gasteiger partial charge in [0.2, 0.25) is 11.8 Å². The molecule has 0 saturated heterocycles. The fourth-order valence-electron chi connectivity index (χ4n) is 3.51. The van der Waals surface area contributed by atoms with E-state index < -0.39 is 0 Å². The molecule has 1 atom stereocenters. The number of hydrogen-bond acceptors (Lipinski definition) is 4. The summed E-state index contributed by atoms with van der Waals surface area (Å²) < 4.78 is 0. The predicted molar refractivity (Wildman–Crippen MR) is 110 cm³/mol. The first kappa shape index (κ1) is 19.6. The van der Waals surface area contributed by atoms with Crippen LogP contribution in [0.4, 0.5) is 5.69 Å². The summed E-state index contributed by atoms with van der Waals surface area (Å²) in [6.07, 6.45) is 1.84. The summed E-state index contributed by atoms with van der Waals surface area (Å²) in [6.45, 7) is 5.72. The monoisotopic (exact) mass is 385 g/mol. The molecule has 1 N–H and O–H groups in total. The lowest BCUT2D eigenvalue weighted by Crippen LogP contribution is -2.48. The summed E-state index contributed by atoms with van der Waals surface area (Å²) in [5.41, 5.74) is 3.23. The summed E-state index contributed by atoms with van der Waals surface area (Å²) in [4.78, 5) is 30.4. The normalized spacial score (nSPS) is 15.1. The van der Waals surface area contributed by atoms with Crippen molar-refractivity contribution in [3.05, 3.63) is 51.7 Å². The summed E-state index contributed by atoms with van der Waals surface area (Å²) in [5.74, 6) is -0.190. The highest BCUT2D eigenvalue weighted by Gasteiger charge is 2.28. The molecule has 2 amide bonds. The SMILES string of the molecule is CCc1ccccc1NC(=O)CN(C)C(=O)C(C)N1CCc2sccc2C1. The lowest BCUT2D eigenvalue weighted by Gasteiger charge is -2.33. The van der Waals surface area contributed by atoms with Gasteiger partial charge in [-0.3, -0.25) is 14.5 Å². The van der Waals surface area contributed by atoms with Crippen LogP contribution in [0, 0.1) is 0 Å². The summed E-state index contributed by atoms with van der Waals surface area (Å²) in [7, 11) is 1.70. The Morgan fingerprint density at radius 3 is 2.85 bits per heavy atom. The average Bonchev–Trinajstić information content (AvgIpc) is 3.14. The second kappa shape index (κ2) is 8.67. The van der Waals surface area contributed by atoms with Crippen LogP contribution in [-0.4, -0.2) is 47.8 Å². The van der Waals surface area contributed by atoms with Gasteiger partial charge in [-0.05, 0) is 48.4 Å². The van der Waals surface area contributed by atoms with E-state index in [1.807, 2.05) is 31.2 Å². The first-order valence-corrected chi connectivity index (χ1v) is 10.3. The van der Waals surface area contributed by atoms with Gasteiger partial charge in [-0.25, -0.2) is 0 Å². The van der Waals surface area contributed by atoms with Gasteiger partial charge in [0.15, 0.2) is 0 Å². The number of nitrogens with one attached hydrogen (secondary N) is 1. The number of benzene rings is 1. The summed E-state index contributed by atoms with van der Waals surface area (Å²) in [6, 6.07) is 9.67. The highest BCUT2D eigenvalue weighted by Crippen LogP contribution is 2.25. The standard InChI is InChI=1S/C21H27N3O2S/c1-4-16-7-5-6-8-18(16)22-20(25)14-23(3)21(26)15(2)24-11-9-19-17(13-24)10-12-27-19/h5-8,10,12,15H,4,9,11,13-14H2,1-3H3,(H,22,25). The predicted octanol–water partition coefficient (Wildman–Crippen LogP) is 3.15. The van der Waals surface area contributed by atoms with Gasteiger partial charge >= 0.3 is 0 Å². The first-order valence-electron chi connectivity index (χ1n) is 9.41. The lowest BCUT2D eigenvalue weighted by atomic mass is 10.1. The molecule has 0 spiro atoms. The van der Waals surface area contributed by atoms with Crippen LogP contribution in [0.25, 0.3) is 0 Å². The Labute approximate surface area is 165 Å². The van der Waals surface area contributed by atoms with Gasteiger partial charge in [0, 0.05) is 30.7 Å². The molecular weight excluding hydrogens is 358 g/mol. The highest BCUT2D eigenvalue weighted by molar-refractivity contribution is 7.10. The van der Waals surface area contributed by atoms with E-state index in [4.69, 9.17) is 0 Å². The van der Waals surface area contributed by atoms with E-state index >= 15 is 0 Å². The number of fused-ring (bicyclic) bond motifs is 1. The van der Waals surface area contributed by atoms with Crippen LogP contribution in [0.2, 0.25) is 0 Å². The van der Waals surface area contributed by atoms with E-state index in [-0.39, 0.29) is 24.4 Å². The van der Waals surface area contributed by atoms with Gasteiger partial charge in [-0.1, -0.05) is 25.1 Å². The number of anilines is 1. The molecule has 27 heavy (non-hydrogen) atoms. The Kier molecular flexibility index (Phi) is 6.29. The lowest BCUT2D eigenvalue weighted by molar-refractivity contribution is -0.138. The second-order valence-corrected chi connectivity index (χ2v) is 8.02. The Morgan fingerprint density at radius 2 is 2.07 bits per heavy atom. The molecule has 6 heteroatoms. The number of nitrogens with zero attached hydrogens (tertiary/aromatic N) is 2. The van der Waals surface area contributed by atoms with E-state index in [1.165, 1.54) is 15.3 Å². The van der Waals surface area contributed by atoms with Crippen LogP contribution < -0.4 is 5.32 Å². The van der Waals surface area contributed by atoms with Crippen LogP contribution in [0.3, 0.4) is 0 Å². The minimum atomic E-state index is -0.237. The van der Waals surface area contributed by atoms with Gasteiger partial charge < -0.3 is 10.2 Å². The third-order valence-corrected chi connectivity index (χ3v) is 6.19. The molecule has 2 aromatic rings. The molecule has 0 aliphatic carbocycles. The minimum absolute atomic E-state index is 0.0207. The highest BCUT2D eigenvalue weighted by atomic mass is 32.1. The molecule has 0 bridgehead atoms. The fourth-order valence-corrected chi connectivity index (χ4v) is 4.40. The molecule has 2 heterocycles. The zero-order chi connectivity index (χ0) is 19.4. The molecule has 1 aliphatic rings. The zero-order valence-electron chi connectivity index (χ0n) is 16.2. The van der Waals surface area contributed by atoms with E-state index in [9.17, 15) is 9.59 Å². The van der Waals surface area contributed by atoms with Crippen molar-refractivity contribution < 1.29 is 9.59 Å². The third kappa shape index (κ3) is 4.57. The molecule has 0 fully saturated rings. The number of amides is 2. The Hall–Kier alpha value is -2.18. The van der Waals surface area contributed by atoms with Gasteiger partial charge in [0.1, 0.15) is 0 Å². The Balaban J connectivity index is 1.56. The second-order valence-electron chi connectivity index (χ2n) is 7.02. The molecule has 0 saturated carbocycles. The van der Waals surface area contributed by atoms with Crippen molar-refractivity contribution in [2.45, 2.75) is 39.3 Å². The molecule has 5 nitrogen and oxygen atoms in total. The van der Waals surface area contributed by atoms with Crippen molar-refractivity contribution in [2.24, 2.45) is 0 Å². The number of carbonyl (C=O) groups is 2. The zero-order valence-corrected chi connectivity index (χ0v) is 17.0. The van der Waals surface area contributed by atoms with Crippen LogP contribution in [-0.2, 0) is 29.0 Å². The van der Waals surface area contributed by atoms with E-state index in [2.05, 4.69) is 28.6 Å². The number of thiophene rings is 1. The number of hydrogen-bond donors (Lipinski definition) is 1. The third-order valence-electron chi connectivity index (χ3n) is 5.17. The van der Waals surface area contributed by atoms with Gasteiger partial charge in [-0.2, -0.15) is 0 Å². The number of carbonyl (C=O) groups excluding carboxylic acids is 2. The molecule has 1 unspecified atom stereocenters. The van der Waals surface area contributed by atoms with E-state index in [0.717, 1.165) is 37.2 Å². The van der Waals surface area contributed by atoms with Crippen molar-refractivity contribution in [1.82, 2.24) is 9.80 Å². The van der Waals surface area contributed by atoms with Gasteiger partial charge in [-0.15, -0.1) is 11.3 Å². The van der Waals surface area contributed by atoms with Crippen molar-refractivity contribution in [1.29, 1.82) is 0 Å². The topological polar surface area (TPSA) is 52.7 Å². The number of para-hydroxylation sites is 1. The maximum absolute atomic E-state index is 12.8. The molecular formula is C21H27N3O2S. The number of rotatable bonds is 6. The van der Waals surface area contributed by atoms with Crippen molar-refractivity contribution >= 4 is 28.8 Å². The smallest absolute Gasteiger partial charge is 0.243 e. The van der Waals surface area contributed by atoms with Crippen LogP contribution in [0.15, 0.2) is 35.7 Å². The summed E-state index contributed by atoms with van der Waals surface area (Å²) >= 11 is 1.79. The van der Waals surface area contributed by atoms with Crippen LogP contribution >= 0.6 is 11.3 Å². The van der Waals surface area contributed by atoms with Crippen LogP contribution in [0.1, 0.15) is 29.9 Å². The Bertz CT molecular complexity index is 817. The maximum Gasteiger partial charge on any atom is 0.243 e. The quantitative estimate of drug-likeness (QED) is 0.831. The molecule has 3 rings (SSSR count).